The third-order valence-corrected chi connectivity index (χ3v) is 5.11. The second kappa shape index (κ2) is 8.19. The largest absolute Gasteiger partial charge is 0.508 e. The molecule has 5 nitrogen and oxygen atoms in total. The maximum atomic E-state index is 13.5. The van der Waals surface area contributed by atoms with Crippen LogP contribution in [0.5, 0.6) is 5.75 Å². The molecule has 0 saturated heterocycles. The highest BCUT2D eigenvalue weighted by molar-refractivity contribution is 9.10. The lowest BCUT2D eigenvalue weighted by Crippen LogP contribution is -2.35. The van der Waals surface area contributed by atoms with Crippen LogP contribution in [0, 0.1) is 5.92 Å². The number of hydrogen-bond donors (Lipinski definition) is 1. The summed E-state index contributed by atoms with van der Waals surface area (Å²) in [5, 5.41) is 10.4. The van der Waals surface area contributed by atoms with Gasteiger partial charge in [0, 0.05) is 15.4 Å². The number of fused-ring (bicyclic) bond motifs is 1. The summed E-state index contributed by atoms with van der Waals surface area (Å²) in [5.41, 5.74) is 1.53. The molecule has 0 radical (unpaired) electrons. The Kier molecular flexibility index (Phi) is 5.89. The average Bonchev–Trinajstić information content (AvgIpc) is 2.64. The van der Waals surface area contributed by atoms with Crippen LogP contribution in [0.4, 0.5) is 0 Å². The molecule has 2 aromatic carbocycles. The van der Waals surface area contributed by atoms with Crippen molar-refractivity contribution < 1.29 is 14.6 Å². The van der Waals surface area contributed by atoms with Gasteiger partial charge in [0.2, 0.25) is 0 Å². The van der Waals surface area contributed by atoms with E-state index in [1.165, 1.54) is 16.7 Å². The zero-order valence-electron chi connectivity index (χ0n) is 16.0. The molecule has 0 aliphatic rings. The van der Waals surface area contributed by atoms with Crippen LogP contribution in [0.3, 0.4) is 0 Å². The molecule has 0 aliphatic heterocycles. The molecule has 0 bridgehead atoms. The molecule has 3 rings (SSSR count). The molecule has 0 fully saturated rings. The summed E-state index contributed by atoms with van der Waals surface area (Å²) in [5.74, 6) is -0.440. The summed E-state index contributed by atoms with van der Waals surface area (Å²) in [7, 11) is 0. The number of benzene rings is 2. The van der Waals surface area contributed by atoms with Crippen LogP contribution in [-0.2, 0) is 9.53 Å². The molecule has 1 N–H and O–H groups in total. The van der Waals surface area contributed by atoms with E-state index in [0.29, 0.717) is 16.6 Å². The first-order chi connectivity index (χ1) is 13.3. The Balaban J connectivity index is 2.36. The van der Waals surface area contributed by atoms with Crippen LogP contribution in [0.15, 0.2) is 57.8 Å². The van der Waals surface area contributed by atoms with Gasteiger partial charge in [0.1, 0.15) is 11.8 Å². The molecule has 28 heavy (non-hydrogen) atoms. The zero-order valence-corrected chi connectivity index (χ0v) is 17.6. The number of phenols is 1. The first kappa shape index (κ1) is 20.1. The molecule has 0 saturated carbocycles. The van der Waals surface area contributed by atoms with Gasteiger partial charge < -0.3 is 9.84 Å². The average molecular weight is 444 g/mol. The number of aromatic nitrogens is 1. The zero-order chi connectivity index (χ0) is 20.4. The summed E-state index contributed by atoms with van der Waals surface area (Å²) in [6.07, 6.45) is 0. The van der Waals surface area contributed by atoms with E-state index in [4.69, 9.17) is 4.74 Å². The molecule has 0 spiro atoms. The normalized spacial score (nSPS) is 12.3. The number of phenolic OH excluding ortho intramolecular Hbond substituents is 1. The Morgan fingerprint density at radius 2 is 1.82 bits per heavy atom. The van der Waals surface area contributed by atoms with Crippen molar-refractivity contribution in [3.05, 3.63) is 63.4 Å². The topological polar surface area (TPSA) is 68.5 Å². The first-order valence-corrected chi connectivity index (χ1v) is 9.93. The summed E-state index contributed by atoms with van der Waals surface area (Å²) in [4.78, 5) is 26.2. The number of ether oxygens (including phenoxy) is 1. The number of rotatable bonds is 5. The van der Waals surface area contributed by atoms with Crippen molar-refractivity contribution >= 4 is 32.8 Å². The number of pyridine rings is 1. The van der Waals surface area contributed by atoms with Crippen molar-refractivity contribution in [3.8, 4) is 16.9 Å². The smallest absolute Gasteiger partial charge is 0.329 e. The van der Waals surface area contributed by atoms with Gasteiger partial charge in [0.15, 0.2) is 0 Å². The summed E-state index contributed by atoms with van der Waals surface area (Å²) < 4.78 is 7.68. The fourth-order valence-corrected chi connectivity index (χ4v) is 3.72. The molecule has 146 valence electrons. The predicted molar refractivity (Wildman–Crippen MR) is 114 cm³/mol. The van der Waals surface area contributed by atoms with E-state index in [2.05, 4.69) is 15.9 Å². The van der Waals surface area contributed by atoms with Gasteiger partial charge in [-0.3, -0.25) is 9.36 Å². The second-order valence-corrected chi connectivity index (χ2v) is 7.84. The van der Waals surface area contributed by atoms with E-state index < -0.39 is 12.0 Å². The van der Waals surface area contributed by atoms with Gasteiger partial charge in [-0.15, -0.1) is 0 Å². The second-order valence-electron chi connectivity index (χ2n) is 6.92. The minimum atomic E-state index is -0.742. The van der Waals surface area contributed by atoms with Crippen LogP contribution in [-0.4, -0.2) is 22.2 Å². The van der Waals surface area contributed by atoms with Crippen molar-refractivity contribution in [2.24, 2.45) is 5.92 Å². The Morgan fingerprint density at radius 1 is 1.14 bits per heavy atom. The summed E-state index contributed by atoms with van der Waals surface area (Å²) >= 11 is 3.47. The summed E-state index contributed by atoms with van der Waals surface area (Å²) in [6, 6.07) is 13.1. The molecule has 3 aromatic rings. The lowest BCUT2D eigenvalue weighted by Gasteiger charge is -2.24. The molecule has 1 unspecified atom stereocenters. The van der Waals surface area contributed by atoms with E-state index in [0.717, 1.165) is 9.86 Å². The van der Waals surface area contributed by atoms with Crippen molar-refractivity contribution in [2.45, 2.75) is 26.8 Å². The van der Waals surface area contributed by atoms with Gasteiger partial charge in [-0.05, 0) is 54.8 Å². The first-order valence-electron chi connectivity index (χ1n) is 9.14. The third kappa shape index (κ3) is 3.83. The molecule has 1 heterocycles. The van der Waals surface area contributed by atoms with E-state index in [-0.39, 0.29) is 23.8 Å². The molecule has 1 atom stereocenters. The van der Waals surface area contributed by atoms with Crippen LogP contribution >= 0.6 is 15.9 Å². The monoisotopic (exact) mass is 443 g/mol. The van der Waals surface area contributed by atoms with E-state index >= 15 is 0 Å². The van der Waals surface area contributed by atoms with E-state index in [1.807, 2.05) is 38.1 Å². The fourth-order valence-electron chi connectivity index (χ4n) is 3.34. The minimum absolute atomic E-state index is 0.124. The molecule has 1 aromatic heterocycles. The van der Waals surface area contributed by atoms with Gasteiger partial charge in [0.05, 0.1) is 12.1 Å². The highest BCUT2D eigenvalue weighted by Gasteiger charge is 2.29. The van der Waals surface area contributed by atoms with Crippen LogP contribution in [0.25, 0.3) is 22.0 Å². The molecular weight excluding hydrogens is 422 g/mol. The maximum absolute atomic E-state index is 13.5. The number of carbonyl (C=O) groups excluding carboxylic acids is 1. The minimum Gasteiger partial charge on any atom is -0.508 e. The number of esters is 1. The van der Waals surface area contributed by atoms with Crippen molar-refractivity contribution in [2.75, 3.05) is 6.61 Å². The van der Waals surface area contributed by atoms with Crippen LogP contribution in [0.2, 0.25) is 0 Å². The lowest BCUT2D eigenvalue weighted by atomic mass is 10.00. The van der Waals surface area contributed by atoms with Crippen molar-refractivity contribution in [1.82, 2.24) is 4.57 Å². The fraction of sp³-hybridized carbons (Fsp3) is 0.273. The molecule has 0 aliphatic carbocycles. The van der Waals surface area contributed by atoms with Gasteiger partial charge >= 0.3 is 5.97 Å². The number of carbonyl (C=O) groups is 1. The number of hydrogen-bond acceptors (Lipinski definition) is 4. The number of halogens is 1. The lowest BCUT2D eigenvalue weighted by molar-refractivity contribution is -0.148. The highest BCUT2D eigenvalue weighted by atomic mass is 79.9. The number of nitrogens with zero attached hydrogens (tertiary/aromatic N) is 1. The predicted octanol–water partition coefficient (Wildman–Crippen LogP) is 4.90. The SMILES string of the molecule is CCOC(=O)C(C(C)C)n1c(=O)c(-c2ccc(O)cc2)cc2cc(Br)ccc21. The Hall–Kier alpha value is -2.60. The number of aromatic hydroxyl groups is 1. The van der Waals surface area contributed by atoms with Crippen LogP contribution in [0.1, 0.15) is 26.8 Å². The summed E-state index contributed by atoms with van der Waals surface area (Å²) in [6.45, 7) is 5.79. The van der Waals surface area contributed by atoms with E-state index in [1.54, 1.807) is 19.1 Å². The Bertz CT molecular complexity index is 1070. The quantitative estimate of drug-likeness (QED) is 0.569. The maximum Gasteiger partial charge on any atom is 0.329 e. The van der Waals surface area contributed by atoms with Crippen LogP contribution < -0.4 is 5.56 Å². The molecule has 6 heteroatoms. The van der Waals surface area contributed by atoms with Gasteiger partial charge in [0.25, 0.3) is 5.56 Å². The standard InChI is InChI=1S/C22H22BrNO4/c1-4-28-22(27)20(13(2)3)24-19-10-7-16(23)11-15(19)12-18(21(24)26)14-5-8-17(25)9-6-14/h5-13,20,25H,4H2,1-3H3. The molecule has 0 amide bonds. The van der Waals surface area contributed by atoms with Gasteiger partial charge in [-0.25, -0.2) is 4.79 Å². The van der Waals surface area contributed by atoms with E-state index in [9.17, 15) is 14.7 Å². The third-order valence-electron chi connectivity index (χ3n) is 4.61. The van der Waals surface area contributed by atoms with Gasteiger partial charge in [-0.2, -0.15) is 0 Å². The van der Waals surface area contributed by atoms with Crippen molar-refractivity contribution in [1.29, 1.82) is 0 Å². The Morgan fingerprint density at radius 3 is 2.43 bits per heavy atom. The van der Waals surface area contributed by atoms with Gasteiger partial charge in [-0.1, -0.05) is 41.9 Å². The van der Waals surface area contributed by atoms with Crippen molar-refractivity contribution in [3.63, 3.8) is 0 Å². The Labute approximate surface area is 171 Å². The molecular formula is C22H22BrNO4. The highest BCUT2D eigenvalue weighted by Crippen LogP contribution is 2.29.